The monoisotopic (exact) mass is 351 g/mol. The SMILES string of the molecule is CN1CCC(Nc2n[nH]c(-c3ccc(F)cc3)c2-c2ccccn2)CC1. The molecule has 1 fully saturated rings. The first-order valence-corrected chi connectivity index (χ1v) is 8.91. The molecule has 0 amide bonds. The summed E-state index contributed by atoms with van der Waals surface area (Å²) >= 11 is 0. The van der Waals surface area contributed by atoms with Gasteiger partial charge in [0.2, 0.25) is 0 Å². The van der Waals surface area contributed by atoms with Crippen LogP contribution in [-0.4, -0.2) is 46.3 Å². The summed E-state index contributed by atoms with van der Waals surface area (Å²) in [6.07, 6.45) is 3.93. The number of hydrogen-bond donors (Lipinski definition) is 2. The molecule has 0 unspecified atom stereocenters. The first kappa shape index (κ1) is 16.7. The van der Waals surface area contributed by atoms with Crippen LogP contribution in [0.25, 0.3) is 22.5 Å². The molecular weight excluding hydrogens is 329 g/mol. The fourth-order valence-corrected chi connectivity index (χ4v) is 3.38. The van der Waals surface area contributed by atoms with Crippen LogP contribution in [0.2, 0.25) is 0 Å². The molecule has 1 aromatic carbocycles. The van der Waals surface area contributed by atoms with E-state index in [0.717, 1.165) is 54.3 Å². The van der Waals surface area contributed by atoms with Gasteiger partial charge in [0.05, 0.1) is 17.0 Å². The van der Waals surface area contributed by atoms with Gasteiger partial charge in [-0.25, -0.2) is 4.39 Å². The number of nitrogens with one attached hydrogen (secondary N) is 2. The Morgan fingerprint density at radius 2 is 1.88 bits per heavy atom. The molecule has 6 heteroatoms. The third-order valence-electron chi connectivity index (χ3n) is 4.88. The lowest BCUT2D eigenvalue weighted by atomic mass is 10.0. The minimum Gasteiger partial charge on any atom is -0.365 e. The molecule has 0 aliphatic carbocycles. The zero-order valence-electron chi connectivity index (χ0n) is 14.7. The van der Waals surface area contributed by atoms with Gasteiger partial charge in [-0.3, -0.25) is 10.1 Å². The Morgan fingerprint density at radius 1 is 1.12 bits per heavy atom. The number of piperidine rings is 1. The summed E-state index contributed by atoms with van der Waals surface area (Å²) in [6.45, 7) is 2.15. The summed E-state index contributed by atoms with van der Waals surface area (Å²) in [7, 11) is 2.15. The second-order valence-corrected chi connectivity index (χ2v) is 6.77. The second kappa shape index (κ2) is 7.25. The summed E-state index contributed by atoms with van der Waals surface area (Å²) < 4.78 is 13.3. The van der Waals surface area contributed by atoms with Crippen molar-refractivity contribution >= 4 is 5.82 Å². The number of halogens is 1. The molecule has 0 saturated carbocycles. The molecule has 2 N–H and O–H groups in total. The van der Waals surface area contributed by atoms with E-state index in [1.807, 2.05) is 18.2 Å². The standard InChI is InChI=1S/C20H22FN5/c1-26-12-9-16(10-13-26)23-20-18(17-4-2-3-11-22-17)19(24-25-20)14-5-7-15(21)8-6-14/h2-8,11,16H,9-10,12-13H2,1H3,(H2,23,24,25). The molecule has 1 aliphatic rings. The molecule has 4 rings (SSSR count). The Hall–Kier alpha value is -2.73. The van der Waals surface area contributed by atoms with Crippen molar-refractivity contribution < 1.29 is 4.39 Å². The molecule has 0 spiro atoms. The van der Waals surface area contributed by atoms with Crippen LogP contribution in [0.5, 0.6) is 0 Å². The van der Waals surface area contributed by atoms with Crippen molar-refractivity contribution in [2.75, 3.05) is 25.5 Å². The van der Waals surface area contributed by atoms with E-state index in [4.69, 9.17) is 0 Å². The summed E-state index contributed by atoms with van der Waals surface area (Å²) in [6, 6.07) is 12.7. The molecule has 26 heavy (non-hydrogen) atoms. The average Bonchev–Trinajstić information content (AvgIpc) is 3.08. The Labute approximate surface area is 152 Å². The van der Waals surface area contributed by atoms with E-state index in [-0.39, 0.29) is 5.82 Å². The van der Waals surface area contributed by atoms with Crippen LogP contribution in [-0.2, 0) is 0 Å². The minimum atomic E-state index is -0.252. The van der Waals surface area contributed by atoms with Gasteiger partial charge < -0.3 is 10.2 Å². The van der Waals surface area contributed by atoms with Crippen molar-refractivity contribution in [3.63, 3.8) is 0 Å². The highest BCUT2D eigenvalue weighted by molar-refractivity contribution is 5.87. The maximum Gasteiger partial charge on any atom is 0.158 e. The quantitative estimate of drug-likeness (QED) is 0.751. The lowest BCUT2D eigenvalue weighted by molar-refractivity contribution is 0.263. The Morgan fingerprint density at radius 3 is 2.58 bits per heavy atom. The van der Waals surface area contributed by atoms with Crippen LogP contribution >= 0.6 is 0 Å². The molecule has 0 bridgehead atoms. The Balaban J connectivity index is 1.71. The smallest absolute Gasteiger partial charge is 0.158 e. The lowest BCUT2D eigenvalue weighted by Crippen LogP contribution is -2.36. The molecular formula is C20H22FN5. The molecule has 0 radical (unpaired) electrons. The van der Waals surface area contributed by atoms with Gasteiger partial charge in [-0.2, -0.15) is 5.10 Å². The van der Waals surface area contributed by atoms with Gasteiger partial charge in [0.15, 0.2) is 5.82 Å². The van der Waals surface area contributed by atoms with Gasteiger partial charge in [-0.15, -0.1) is 0 Å². The fraction of sp³-hybridized carbons (Fsp3) is 0.300. The molecule has 134 valence electrons. The van der Waals surface area contributed by atoms with Crippen LogP contribution in [0, 0.1) is 5.82 Å². The van der Waals surface area contributed by atoms with E-state index in [1.54, 1.807) is 18.3 Å². The third kappa shape index (κ3) is 3.46. The Bertz CT molecular complexity index is 852. The third-order valence-corrected chi connectivity index (χ3v) is 4.88. The van der Waals surface area contributed by atoms with Crippen LogP contribution in [0.4, 0.5) is 10.2 Å². The Kier molecular flexibility index (Phi) is 4.67. The topological polar surface area (TPSA) is 56.8 Å². The van der Waals surface area contributed by atoms with Crippen molar-refractivity contribution in [3.05, 3.63) is 54.5 Å². The number of anilines is 1. The van der Waals surface area contributed by atoms with Gasteiger partial charge in [0.25, 0.3) is 0 Å². The van der Waals surface area contributed by atoms with E-state index >= 15 is 0 Å². The zero-order valence-corrected chi connectivity index (χ0v) is 14.7. The first-order valence-electron chi connectivity index (χ1n) is 8.91. The van der Waals surface area contributed by atoms with Crippen molar-refractivity contribution in [3.8, 4) is 22.5 Å². The molecule has 2 aromatic heterocycles. The highest BCUT2D eigenvalue weighted by atomic mass is 19.1. The number of pyridine rings is 1. The average molecular weight is 351 g/mol. The number of nitrogens with zero attached hydrogens (tertiary/aromatic N) is 3. The zero-order chi connectivity index (χ0) is 17.9. The van der Waals surface area contributed by atoms with E-state index in [9.17, 15) is 4.39 Å². The van der Waals surface area contributed by atoms with Crippen molar-refractivity contribution in [2.45, 2.75) is 18.9 Å². The molecule has 5 nitrogen and oxygen atoms in total. The lowest BCUT2D eigenvalue weighted by Gasteiger charge is -2.29. The highest BCUT2D eigenvalue weighted by Crippen LogP contribution is 2.35. The highest BCUT2D eigenvalue weighted by Gasteiger charge is 2.22. The summed E-state index contributed by atoms with van der Waals surface area (Å²) in [5, 5.41) is 11.2. The molecule has 1 saturated heterocycles. The fourth-order valence-electron chi connectivity index (χ4n) is 3.38. The van der Waals surface area contributed by atoms with Crippen LogP contribution in [0.1, 0.15) is 12.8 Å². The van der Waals surface area contributed by atoms with E-state index in [1.165, 1.54) is 12.1 Å². The number of H-pyrrole nitrogens is 1. The van der Waals surface area contributed by atoms with Gasteiger partial charge in [-0.1, -0.05) is 6.07 Å². The minimum absolute atomic E-state index is 0.252. The van der Waals surface area contributed by atoms with Gasteiger partial charge in [0, 0.05) is 17.8 Å². The number of aromatic amines is 1. The predicted octanol–water partition coefficient (Wildman–Crippen LogP) is 3.78. The number of benzene rings is 1. The van der Waals surface area contributed by atoms with Crippen molar-refractivity contribution in [1.29, 1.82) is 0 Å². The van der Waals surface area contributed by atoms with Gasteiger partial charge in [0.1, 0.15) is 5.82 Å². The van der Waals surface area contributed by atoms with E-state index < -0.39 is 0 Å². The van der Waals surface area contributed by atoms with Crippen LogP contribution in [0.3, 0.4) is 0 Å². The second-order valence-electron chi connectivity index (χ2n) is 6.77. The molecule has 0 atom stereocenters. The predicted molar refractivity (Wildman–Crippen MR) is 101 cm³/mol. The van der Waals surface area contributed by atoms with Gasteiger partial charge >= 0.3 is 0 Å². The maximum atomic E-state index is 13.3. The molecule has 3 heterocycles. The number of hydrogen-bond acceptors (Lipinski definition) is 4. The largest absolute Gasteiger partial charge is 0.365 e. The summed E-state index contributed by atoms with van der Waals surface area (Å²) in [4.78, 5) is 6.85. The van der Waals surface area contributed by atoms with Gasteiger partial charge in [-0.05, 0) is 69.4 Å². The summed E-state index contributed by atoms with van der Waals surface area (Å²) in [5.41, 5.74) is 3.50. The van der Waals surface area contributed by atoms with E-state index in [0.29, 0.717) is 6.04 Å². The van der Waals surface area contributed by atoms with E-state index in [2.05, 4.69) is 32.4 Å². The first-order chi connectivity index (χ1) is 12.7. The molecule has 3 aromatic rings. The van der Waals surface area contributed by atoms with Crippen molar-refractivity contribution in [2.24, 2.45) is 0 Å². The summed E-state index contributed by atoms with van der Waals surface area (Å²) in [5.74, 6) is 0.551. The maximum absolute atomic E-state index is 13.3. The number of aromatic nitrogens is 3. The van der Waals surface area contributed by atoms with Crippen LogP contribution < -0.4 is 5.32 Å². The van der Waals surface area contributed by atoms with Crippen LogP contribution in [0.15, 0.2) is 48.7 Å². The number of likely N-dealkylation sites (tertiary alicyclic amines) is 1. The van der Waals surface area contributed by atoms with Crippen molar-refractivity contribution in [1.82, 2.24) is 20.1 Å². The normalized spacial score (nSPS) is 15.9. The number of rotatable bonds is 4. The molecule has 1 aliphatic heterocycles.